The number of thioether (sulfide) groups is 1. The molecule has 24 heavy (non-hydrogen) atoms. The van der Waals surface area contributed by atoms with E-state index in [9.17, 15) is 0 Å². The molecule has 2 aromatic heterocycles. The first-order chi connectivity index (χ1) is 11.6. The minimum absolute atomic E-state index is 0.0305. The Morgan fingerprint density at radius 2 is 2.08 bits per heavy atom. The normalized spacial score (nSPS) is 12.3. The highest BCUT2D eigenvalue weighted by Crippen LogP contribution is 2.34. The zero-order chi connectivity index (χ0) is 17.1. The van der Waals surface area contributed by atoms with Gasteiger partial charge in [-0.3, -0.25) is 4.57 Å². The summed E-state index contributed by atoms with van der Waals surface area (Å²) in [6.07, 6.45) is 1.81. The molecule has 3 aromatic rings. The molecular formula is C16H16ClN5OS. The Morgan fingerprint density at radius 3 is 2.71 bits per heavy atom. The Kier molecular flexibility index (Phi) is 5.01. The number of hydrogen-bond acceptors (Lipinski definition) is 6. The van der Waals surface area contributed by atoms with E-state index in [1.54, 1.807) is 6.92 Å². The molecule has 1 atom stereocenters. The standard InChI is InChI=1S/C16H16ClN5OS/c1-4-9-22-14(12-5-7-13(17)8-6-12)19-20-16(22)24-10(2)15-18-11(3)21-23-15/h4-8,10H,1,9H2,2-3H3. The molecule has 0 N–H and O–H groups in total. The van der Waals surface area contributed by atoms with Gasteiger partial charge < -0.3 is 4.52 Å². The van der Waals surface area contributed by atoms with Crippen molar-refractivity contribution in [1.82, 2.24) is 24.9 Å². The van der Waals surface area contributed by atoms with E-state index in [-0.39, 0.29) is 5.25 Å². The van der Waals surface area contributed by atoms with E-state index in [0.29, 0.717) is 23.3 Å². The smallest absolute Gasteiger partial charge is 0.239 e. The molecule has 0 radical (unpaired) electrons. The zero-order valence-electron chi connectivity index (χ0n) is 13.3. The molecule has 3 rings (SSSR count). The Morgan fingerprint density at radius 1 is 1.33 bits per heavy atom. The van der Waals surface area contributed by atoms with Crippen molar-refractivity contribution >= 4 is 23.4 Å². The van der Waals surface area contributed by atoms with Crippen molar-refractivity contribution in [3.8, 4) is 11.4 Å². The molecule has 0 bridgehead atoms. The summed E-state index contributed by atoms with van der Waals surface area (Å²) >= 11 is 7.47. The lowest BCUT2D eigenvalue weighted by Gasteiger charge is -2.09. The summed E-state index contributed by atoms with van der Waals surface area (Å²) in [5, 5.41) is 13.9. The maximum Gasteiger partial charge on any atom is 0.239 e. The molecule has 0 saturated carbocycles. The maximum absolute atomic E-state index is 5.96. The number of benzene rings is 1. The fourth-order valence-electron chi connectivity index (χ4n) is 2.17. The third-order valence-corrected chi connectivity index (χ3v) is 4.62. The first kappa shape index (κ1) is 16.7. The van der Waals surface area contributed by atoms with Crippen LogP contribution in [0.25, 0.3) is 11.4 Å². The van der Waals surface area contributed by atoms with Gasteiger partial charge in [0.05, 0.1) is 5.25 Å². The summed E-state index contributed by atoms with van der Waals surface area (Å²) in [5.74, 6) is 1.95. The highest BCUT2D eigenvalue weighted by atomic mass is 35.5. The molecule has 124 valence electrons. The van der Waals surface area contributed by atoms with Gasteiger partial charge in [-0.05, 0) is 38.1 Å². The average Bonchev–Trinajstić information content (AvgIpc) is 3.16. The summed E-state index contributed by atoms with van der Waals surface area (Å²) in [7, 11) is 0. The molecule has 2 heterocycles. The summed E-state index contributed by atoms with van der Waals surface area (Å²) in [5.41, 5.74) is 0.946. The van der Waals surface area contributed by atoms with E-state index in [1.807, 2.05) is 41.8 Å². The van der Waals surface area contributed by atoms with Crippen molar-refractivity contribution in [2.75, 3.05) is 0 Å². The van der Waals surface area contributed by atoms with Gasteiger partial charge in [0.15, 0.2) is 16.8 Å². The van der Waals surface area contributed by atoms with Gasteiger partial charge in [0.25, 0.3) is 0 Å². The highest BCUT2D eigenvalue weighted by Gasteiger charge is 2.20. The number of allylic oxidation sites excluding steroid dienone is 1. The molecule has 6 nitrogen and oxygen atoms in total. The number of halogens is 1. The fourth-order valence-corrected chi connectivity index (χ4v) is 3.18. The van der Waals surface area contributed by atoms with Gasteiger partial charge in [0, 0.05) is 17.1 Å². The second kappa shape index (κ2) is 7.19. The van der Waals surface area contributed by atoms with Crippen LogP contribution in [-0.2, 0) is 6.54 Å². The number of rotatable bonds is 6. The first-order valence-electron chi connectivity index (χ1n) is 7.35. The van der Waals surface area contributed by atoms with Gasteiger partial charge in [-0.2, -0.15) is 4.98 Å². The molecule has 8 heteroatoms. The van der Waals surface area contributed by atoms with Crippen LogP contribution in [0, 0.1) is 6.92 Å². The second-order valence-electron chi connectivity index (χ2n) is 5.15. The van der Waals surface area contributed by atoms with Crippen molar-refractivity contribution in [1.29, 1.82) is 0 Å². The van der Waals surface area contributed by atoms with Gasteiger partial charge in [0.2, 0.25) is 5.89 Å². The zero-order valence-corrected chi connectivity index (χ0v) is 14.9. The van der Waals surface area contributed by atoms with Gasteiger partial charge in [-0.25, -0.2) is 0 Å². The number of aryl methyl sites for hydroxylation is 1. The topological polar surface area (TPSA) is 69.6 Å². The molecule has 0 aliphatic carbocycles. The third kappa shape index (κ3) is 3.52. The van der Waals surface area contributed by atoms with Crippen molar-refractivity contribution < 1.29 is 4.52 Å². The quantitative estimate of drug-likeness (QED) is 0.480. The second-order valence-corrected chi connectivity index (χ2v) is 6.90. The van der Waals surface area contributed by atoms with Crippen LogP contribution in [0.5, 0.6) is 0 Å². The minimum Gasteiger partial charge on any atom is -0.338 e. The lowest BCUT2D eigenvalue weighted by Crippen LogP contribution is -2.01. The van der Waals surface area contributed by atoms with Crippen LogP contribution in [0.2, 0.25) is 5.02 Å². The molecule has 0 spiro atoms. The first-order valence-corrected chi connectivity index (χ1v) is 8.61. The molecule has 0 aliphatic rings. The van der Waals surface area contributed by atoms with Crippen molar-refractivity contribution in [2.45, 2.75) is 30.8 Å². The van der Waals surface area contributed by atoms with E-state index in [1.165, 1.54) is 11.8 Å². The summed E-state index contributed by atoms with van der Waals surface area (Å²) < 4.78 is 7.23. The average molecular weight is 362 g/mol. The highest BCUT2D eigenvalue weighted by molar-refractivity contribution is 7.99. The van der Waals surface area contributed by atoms with E-state index >= 15 is 0 Å². The van der Waals surface area contributed by atoms with Gasteiger partial charge in [-0.1, -0.05) is 34.6 Å². The fraction of sp³-hybridized carbons (Fsp3) is 0.250. The van der Waals surface area contributed by atoms with E-state index in [2.05, 4.69) is 26.9 Å². The summed E-state index contributed by atoms with van der Waals surface area (Å²) in [6, 6.07) is 7.51. The van der Waals surface area contributed by atoms with Crippen LogP contribution in [0.15, 0.2) is 46.6 Å². The van der Waals surface area contributed by atoms with Gasteiger partial charge in [-0.15, -0.1) is 16.8 Å². The minimum atomic E-state index is -0.0305. The van der Waals surface area contributed by atoms with Gasteiger partial charge >= 0.3 is 0 Å². The Balaban J connectivity index is 1.90. The third-order valence-electron chi connectivity index (χ3n) is 3.30. The van der Waals surface area contributed by atoms with Crippen LogP contribution in [0.1, 0.15) is 23.9 Å². The maximum atomic E-state index is 5.96. The number of hydrogen-bond donors (Lipinski definition) is 0. The van der Waals surface area contributed by atoms with Crippen molar-refractivity contribution in [2.24, 2.45) is 0 Å². The van der Waals surface area contributed by atoms with Crippen LogP contribution >= 0.6 is 23.4 Å². The van der Waals surface area contributed by atoms with Crippen LogP contribution in [0.3, 0.4) is 0 Å². The molecule has 1 unspecified atom stereocenters. The van der Waals surface area contributed by atoms with Crippen LogP contribution in [0.4, 0.5) is 0 Å². The summed E-state index contributed by atoms with van der Waals surface area (Å²) in [4.78, 5) is 4.27. The van der Waals surface area contributed by atoms with E-state index in [4.69, 9.17) is 16.1 Å². The number of nitrogens with zero attached hydrogens (tertiary/aromatic N) is 5. The van der Waals surface area contributed by atoms with Crippen LogP contribution in [-0.4, -0.2) is 24.9 Å². The predicted octanol–water partition coefficient (Wildman–Crippen LogP) is 4.33. The molecular weight excluding hydrogens is 346 g/mol. The Bertz CT molecular complexity index is 843. The summed E-state index contributed by atoms with van der Waals surface area (Å²) in [6.45, 7) is 8.21. The van der Waals surface area contributed by atoms with E-state index in [0.717, 1.165) is 16.5 Å². The Labute approximate surface area is 148 Å². The molecule has 1 aromatic carbocycles. The predicted molar refractivity (Wildman–Crippen MR) is 94.0 cm³/mol. The largest absolute Gasteiger partial charge is 0.338 e. The van der Waals surface area contributed by atoms with Crippen molar-refractivity contribution in [3.05, 3.63) is 53.7 Å². The molecule has 0 saturated heterocycles. The van der Waals surface area contributed by atoms with Crippen molar-refractivity contribution in [3.63, 3.8) is 0 Å². The van der Waals surface area contributed by atoms with Gasteiger partial charge in [0.1, 0.15) is 0 Å². The molecule has 0 amide bonds. The lowest BCUT2D eigenvalue weighted by atomic mass is 10.2. The Hall–Kier alpha value is -2.12. The molecule has 0 aliphatic heterocycles. The number of aromatic nitrogens is 5. The van der Waals surface area contributed by atoms with E-state index < -0.39 is 0 Å². The molecule has 0 fully saturated rings. The lowest BCUT2D eigenvalue weighted by molar-refractivity contribution is 0.376. The SMILES string of the molecule is C=CCn1c(SC(C)c2nc(C)no2)nnc1-c1ccc(Cl)cc1. The monoisotopic (exact) mass is 361 g/mol. The van der Waals surface area contributed by atoms with Crippen LogP contribution < -0.4 is 0 Å².